The van der Waals surface area contributed by atoms with Crippen LogP contribution in [0.15, 0.2) is 60.7 Å². The van der Waals surface area contributed by atoms with E-state index in [-0.39, 0.29) is 24.3 Å². The van der Waals surface area contributed by atoms with E-state index in [2.05, 4.69) is 23.5 Å². The molecule has 8 heteroatoms. The van der Waals surface area contributed by atoms with Crippen LogP contribution in [-0.2, 0) is 27.2 Å². The summed E-state index contributed by atoms with van der Waals surface area (Å²) < 4.78 is 0. The summed E-state index contributed by atoms with van der Waals surface area (Å²) in [6.45, 7) is 4.08. The predicted octanol–water partition coefficient (Wildman–Crippen LogP) is 3.02. The van der Waals surface area contributed by atoms with Crippen molar-refractivity contribution in [3.8, 4) is 0 Å². The van der Waals surface area contributed by atoms with Crippen molar-refractivity contribution in [1.82, 2.24) is 20.2 Å². The fourth-order valence-electron chi connectivity index (χ4n) is 5.76. The molecule has 1 aliphatic heterocycles. The zero-order valence-corrected chi connectivity index (χ0v) is 24.4. The van der Waals surface area contributed by atoms with E-state index >= 15 is 0 Å². The first-order valence-corrected chi connectivity index (χ1v) is 14.1. The molecule has 1 unspecified atom stereocenters. The molecule has 2 aliphatic rings. The van der Waals surface area contributed by atoms with Crippen LogP contribution in [-0.4, -0.2) is 78.5 Å². The van der Waals surface area contributed by atoms with Gasteiger partial charge in [0.25, 0.3) is 0 Å². The number of likely N-dealkylation sites (tertiary alicyclic amines) is 1. The van der Waals surface area contributed by atoms with Crippen molar-refractivity contribution in [2.45, 2.75) is 57.5 Å². The van der Waals surface area contributed by atoms with Crippen LogP contribution >= 0.6 is 0 Å². The number of piperidine rings is 1. The summed E-state index contributed by atoms with van der Waals surface area (Å²) in [5, 5.41) is 6.36. The van der Waals surface area contributed by atoms with Crippen LogP contribution in [0.5, 0.6) is 0 Å². The average molecular weight is 546 g/mol. The highest BCUT2D eigenvalue weighted by atomic mass is 16.2. The summed E-state index contributed by atoms with van der Waals surface area (Å²) in [5.74, 6) is -0.580. The van der Waals surface area contributed by atoms with Gasteiger partial charge in [0.2, 0.25) is 17.7 Å². The standard InChI is InChI=1S/C32H43N5O3/c1-31(2,33)29(39)34-27(20-25-17-16-24-14-9-10-15-26(24)25)28(38)37-19-11-18-32(22-37,30(40)36(5)35(3)4)21-23-12-7-6-8-13-23/h6-10,12-15,17,27H,11,16,18-22,33H2,1-5H3,(H,34,39)/t27?,32-/m1/s1. The molecule has 1 heterocycles. The minimum Gasteiger partial charge on any atom is -0.342 e. The van der Waals surface area contributed by atoms with Gasteiger partial charge in [-0.1, -0.05) is 60.7 Å². The van der Waals surface area contributed by atoms with Gasteiger partial charge >= 0.3 is 0 Å². The summed E-state index contributed by atoms with van der Waals surface area (Å²) in [4.78, 5) is 43.0. The normalized spacial score (nSPS) is 19.6. The second kappa shape index (κ2) is 11.9. The molecule has 2 aromatic rings. The number of hydrogen-bond donors (Lipinski definition) is 2. The van der Waals surface area contributed by atoms with Gasteiger partial charge in [0, 0.05) is 40.7 Å². The number of allylic oxidation sites excluding steroid dienone is 1. The van der Waals surface area contributed by atoms with Crippen molar-refractivity contribution >= 4 is 23.3 Å². The lowest BCUT2D eigenvalue weighted by Gasteiger charge is -2.45. The third-order valence-corrected chi connectivity index (χ3v) is 8.17. The van der Waals surface area contributed by atoms with Gasteiger partial charge in [0.15, 0.2) is 0 Å². The molecule has 0 aromatic heterocycles. The first-order valence-electron chi connectivity index (χ1n) is 14.1. The quantitative estimate of drug-likeness (QED) is 0.472. The summed E-state index contributed by atoms with van der Waals surface area (Å²) >= 11 is 0. The molecule has 1 aliphatic carbocycles. The van der Waals surface area contributed by atoms with Crippen molar-refractivity contribution in [2.24, 2.45) is 11.1 Å². The fourth-order valence-corrected chi connectivity index (χ4v) is 5.76. The van der Waals surface area contributed by atoms with Crippen LogP contribution in [0.4, 0.5) is 0 Å². The average Bonchev–Trinajstić information content (AvgIpc) is 3.34. The lowest BCUT2D eigenvalue weighted by atomic mass is 9.74. The Hall–Kier alpha value is -3.49. The molecule has 0 bridgehead atoms. The Kier molecular flexibility index (Phi) is 8.80. The molecule has 1 saturated heterocycles. The molecule has 2 atom stereocenters. The van der Waals surface area contributed by atoms with E-state index < -0.39 is 17.0 Å². The number of nitrogens with one attached hydrogen (secondary N) is 1. The van der Waals surface area contributed by atoms with Crippen LogP contribution in [0.2, 0.25) is 0 Å². The maximum atomic E-state index is 14.2. The number of hydrogen-bond acceptors (Lipinski definition) is 5. The van der Waals surface area contributed by atoms with Gasteiger partial charge < -0.3 is 16.0 Å². The minimum absolute atomic E-state index is 0.0186. The highest BCUT2D eigenvalue weighted by Crippen LogP contribution is 2.37. The van der Waals surface area contributed by atoms with Gasteiger partial charge in [-0.3, -0.25) is 19.4 Å². The molecule has 3 amide bonds. The number of carbonyl (C=O) groups excluding carboxylic acids is 3. The van der Waals surface area contributed by atoms with E-state index in [1.165, 1.54) is 5.56 Å². The Bertz CT molecular complexity index is 1270. The largest absolute Gasteiger partial charge is 0.342 e. The van der Waals surface area contributed by atoms with E-state index in [0.29, 0.717) is 32.2 Å². The molecule has 0 spiro atoms. The highest BCUT2D eigenvalue weighted by Gasteiger charge is 2.46. The molecule has 0 radical (unpaired) electrons. The Balaban J connectivity index is 1.64. The Morgan fingerprint density at radius 1 is 1.05 bits per heavy atom. The summed E-state index contributed by atoms with van der Waals surface area (Å²) in [6, 6.07) is 17.3. The molecule has 0 saturated carbocycles. The molecule has 8 nitrogen and oxygen atoms in total. The van der Waals surface area contributed by atoms with Gasteiger partial charge in [-0.25, -0.2) is 5.01 Å². The van der Waals surface area contributed by atoms with Gasteiger partial charge in [0.05, 0.1) is 11.0 Å². The number of rotatable bonds is 9. The second-order valence-electron chi connectivity index (χ2n) is 12.0. The lowest BCUT2D eigenvalue weighted by Crippen LogP contribution is -2.61. The van der Waals surface area contributed by atoms with E-state index in [1.807, 2.05) is 56.6 Å². The SMILES string of the molecule is CN(C)N(C)C(=O)[C@@]1(Cc2ccccc2)CCCN(C(=O)C(CC2=CCc3ccccc32)NC(=O)C(C)(C)N)C1. The molecular formula is C32H43N5O3. The van der Waals surface area contributed by atoms with E-state index in [9.17, 15) is 14.4 Å². The summed E-state index contributed by atoms with van der Waals surface area (Å²) in [6.07, 6.45) is 5.20. The van der Waals surface area contributed by atoms with Crippen LogP contribution in [0.25, 0.3) is 5.57 Å². The molecule has 40 heavy (non-hydrogen) atoms. The number of hydrazine groups is 1. The Labute approximate surface area is 238 Å². The third kappa shape index (κ3) is 6.45. The van der Waals surface area contributed by atoms with Crippen molar-refractivity contribution in [1.29, 1.82) is 0 Å². The Morgan fingerprint density at radius 3 is 2.40 bits per heavy atom. The van der Waals surface area contributed by atoms with Crippen molar-refractivity contribution in [2.75, 3.05) is 34.2 Å². The lowest BCUT2D eigenvalue weighted by molar-refractivity contribution is -0.159. The number of fused-ring (bicyclic) bond motifs is 1. The number of carbonyl (C=O) groups is 3. The summed E-state index contributed by atoms with van der Waals surface area (Å²) in [5.41, 5.74) is 8.62. The van der Waals surface area contributed by atoms with Crippen molar-refractivity contribution in [3.05, 3.63) is 77.4 Å². The van der Waals surface area contributed by atoms with Crippen LogP contribution in [0, 0.1) is 5.41 Å². The van der Waals surface area contributed by atoms with Gasteiger partial charge in [-0.15, -0.1) is 0 Å². The van der Waals surface area contributed by atoms with Crippen LogP contribution in [0.3, 0.4) is 0 Å². The third-order valence-electron chi connectivity index (χ3n) is 8.17. The number of nitrogens with two attached hydrogens (primary N) is 1. The number of benzene rings is 2. The van der Waals surface area contributed by atoms with Gasteiger partial charge in [0.1, 0.15) is 6.04 Å². The maximum absolute atomic E-state index is 14.2. The second-order valence-corrected chi connectivity index (χ2v) is 12.0. The number of nitrogens with zero attached hydrogens (tertiary/aromatic N) is 3. The van der Waals surface area contributed by atoms with Crippen LogP contribution < -0.4 is 11.1 Å². The molecule has 3 N–H and O–H groups in total. The van der Waals surface area contributed by atoms with Crippen molar-refractivity contribution in [3.63, 3.8) is 0 Å². The first-order chi connectivity index (χ1) is 18.9. The Morgan fingerprint density at radius 2 is 1.73 bits per heavy atom. The minimum atomic E-state index is -1.14. The molecule has 1 fully saturated rings. The van der Waals surface area contributed by atoms with E-state index in [4.69, 9.17) is 5.73 Å². The van der Waals surface area contributed by atoms with Crippen molar-refractivity contribution < 1.29 is 14.4 Å². The monoisotopic (exact) mass is 545 g/mol. The first kappa shape index (κ1) is 29.5. The highest BCUT2D eigenvalue weighted by molar-refractivity contribution is 5.93. The van der Waals surface area contributed by atoms with E-state index in [1.54, 1.807) is 35.8 Å². The summed E-state index contributed by atoms with van der Waals surface area (Å²) in [7, 11) is 5.45. The molecular weight excluding hydrogens is 502 g/mol. The fraction of sp³-hybridized carbons (Fsp3) is 0.469. The number of amides is 3. The zero-order chi connectivity index (χ0) is 29.1. The van der Waals surface area contributed by atoms with Gasteiger partial charge in [-0.05, 0) is 61.8 Å². The van der Waals surface area contributed by atoms with Gasteiger partial charge in [-0.2, -0.15) is 0 Å². The molecule has 4 rings (SSSR count). The topological polar surface area (TPSA) is 99.0 Å². The smallest absolute Gasteiger partial charge is 0.245 e. The zero-order valence-electron chi connectivity index (χ0n) is 24.4. The van der Waals surface area contributed by atoms with Crippen LogP contribution in [0.1, 0.15) is 49.8 Å². The van der Waals surface area contributed by atoms with E-state index in [0.717, 1.165) is 23.1 Å². The predicted molar refractivity (Wildman–Crippen MR) is 158 cm³/mol. The molecule has 2 aromatic carbocycles. The molecule has 214 valence electrons. The maximum Gasteiger partial charge on any atom is 0.245 e.